The minimum Gasteiger partial charge on any atom is -0.466 e. The van der Waals surface area contributed by atoms with Crippen molar-refractivity contribution in [3.05, 3.63) is 102 Å². The number of benzene rings is 2. The Kier molecular flexibility index (Phi) is 12.5. The van der Waals surface area contributed by atoms with Crippen LogP contribution in [0.4, 0.5) is 0 Å². The number of hydrogen-bond acceptors (Lipinski definition) is 7. The van der Waals surface area contributed by atoms with Gasteiger partial charge in [0, 0.05) is 37.8 Å². The molecule has 46 heavy (non-hydrogen) atoms. The van der Waals surface area contributed by atoms with Gasteiger partial charge in [-0.25, -0.2) is 4.79 Å². The summed E-state index contributed by atoms with van der Waals surface area (Å²) in [5.74, 6) is 0.0284. The van der Waals surface area contributed by atoms with E-state index in [4.69, 9.17) is 14.2 Å². The summed E-state index contributed by atoms with van der Waals surface area (Å²) >= 11 is 0. The van der Waals surface area contributed by atoms with Gasteiger partial charge in [-0.1, -0.05) is 67.6 Å². The van der Waals surface area contributed by atoms with Crippen molar-refractivity contribution in [2.45, 2.75) is 83.0 Å². The molecule has 2 aromatic carbocycles. The molecule has 0 amide bonds. The summed E-state index contributed by atoms with van der Waals surface area (Å²) in [6, 6.07) is 21.5. The molecule has 0 radical (unpaired) electrons. The average Bonchev–Trinajstić information content (AvgIpc) is 3.29. The molecule has 244 valence electrons. The first-order chi connectivity index (χ1) is 22.5. The molecular formula is C39H47NO6. The highest BCUT2D eigenvalue weighted by atomic mass is 16.5. The monoisotopic (exact) mass is 625 g/mol. The molecule has 1 aliphatic heterocycles. The van der Waals surface area contributed by atoms with Crippen molar-refractivity contribution >= 4 is 11.9 Å². The van der Waals surface area contributed by atoms with Gasteiger partial charge < -0.3 is 19.3 Å². The van der Waals surface area contributed by atoms with Crippen LogP contribution < -0.4 is 0 Å². The Hall–Kier alpha value is -3.81. The van der Waals surface area contributed by atoms with E-state index >= 15 is 0 Å². The molecule has 1 aromatic heterocycles. The zero-order valence-electron chi connectivity index (χ0n) is 26.8. The largest absolute Gasteiger partial charge is 0.466 e. The number of pyridine rings is 1. The molecule has 1 N–H and O–H groups in total. The fraction of sp³-hybridized carbons (Fsp3) is 0.462. The van der Waals surface area contributed by atoms with E-state index in [2.05, 4.69) is 11.1 Å². The van der Waals surface area contributed by atoms with Crippen LogP contribution in [0.15, 0.2) is 91.3 Å². The highest BCUT2D eigenvalue weighted by Crippen LogP contribution is 2.43. The van der Waals surface area contributed by atoms with Crippen LogP contribution in [0.2, 0.25) is 0 Å². The number of aryl methyl sites for hydroxylation is 1. The van der Waals surface area contributed by atoms with E-state index in [9.17, 15) is 14.7 Å². The average molecular weight is 626 g/mol. The predicted octanol–water partition coefficient (Wildman–Crippen LogP) is 7.38. The van der Waals surface area contributed by atoms with Crippen LogP contribution in [0.3, 0.4) is 0 Å². The van der Waals surface area contributed by atoms with Gasteiger partial charge in [-0.2, -0.15) is 0 Å². The zero-order valence-corrected chi connectivity index (χ0v) is 26.8. The number of ether oxygens (including phenoxy) is 3. The Balaban J connectivity index is 1.22. The second kappa shape index (κ2) is 17.2. The van der Waals surface area contributed by atoms with Gasteiger partial charge in [-0.05, 0) is 91.7 Å². The number of nitrogens with zero attached hydrogens (tertiary/aromatic N) is 1. The smallest absolute Gasteiger partial charge is 0.338 e. The van der Waals surface area contributed by atoms with Gasteiger partial charge in [-0.15, -0.1) is 0 Å². The van der Waals surface area contributed by atoms with Crippen LogP contribution in [0, 0.1) is 17.8 Å². The van der Waals surface area contributed by atoms with E-state index in [1.807, 2.05) is 85.9 Å². The molecule has 2 heterocycles. The number of carbonyl (C=O) groups excluding carboxylic acids is 2. The lowest BCUT2D eigenvalue weighted by Gasteiger charge is -2.23. The maximum Gasteiger partial charge on any atom is 0.338 e. The third-order valence-electron chi connectivity index (χ3n) is 9.27. The number of esters is 2. The number of aliphatic hydroxyl groups is 1. The molecule has 7 nitrogen and oxygen atoms in total. The summed E-state index contributed by atoms with van der Waals surface area (Å²) in [5, 5.41) is 10.8. The molecule has 1 aliphatic carbocycles. The number of aliphatic hydroxyl groups excluding tert-OH is 1. The molecule has 6 unspecified atom stereocenters. The van der Waals surface area contributed by atoms with Gasteiger partial charge in [0.25, 0.3) is 0 Å². The first-order valence-corrected chi connectivity index (χ1v) is 16.9. The second-order valence-electron chi connectivity index (χ2n) is 12.6. The number of aromatic nitrogens is 1. The summed E-state index contributed by atoms with van der Waals surface area (Å²) in [6.07, 6.45) is 13.4. The van der Waals surface area contributed by atoms with E-state index in [-0.39, 0.29) is 36.0 Å². The Morgan fingerprint density at radius 1 is 1.04 bits per heavy atom. The fourth-order valence-corrected chi connectivity index (χ4v) is 6.72. The summed E-state index contributed by atoms with van der Waals surface area (Å²) in [6.45, 7) is 3.11. The molecule has 0 spiro atoms. The van der Waals surface area contributed by atoms with Crippen molar-refractivity contribution in [2.75, 3.05) is 13.2 Å². The normalized spacial score (nSPS) is 23.4. The summed E-state index contributed by atoms with van der Waals surface area (Å²) < 4.78 is 17.9. The van der Waals surface area contributed by atoms with Crippen molar-refractivity contribution in [1.29, 1.82) is 0 Å². The third kappa shape index (κ3) is 9.60. The first kappa shape index (κ1) is 33.6. The van der Waals surface area contributed by atoms with Crippen LogP contribution in [-0.2, 0) is 25.4 Å². The summed E-state index contributed by atoms with van der Waals surface area (Å²) in [5.41, 5.74) is 3.74. The van der Waals surface area contributed by atoms with Gasteiger partial charge in [0.15, 0.2) is 0 Å². The van der Waals surface area contributed by atoms with Gasteiger partial charge in [0.2, 0.25) is 0 Å². The van der Waals surface area contributed by atoms with Crippen LogP contribution in [-0.4, -0.2) is 53.6 Å². The van der Waals surface area contributed by atoms with Crippen LogP contribution >= 0.6 is 0 Å². The number of hydrogen-bond donors (Lipinski definition) is 1. The van der Waals surface area contributed by atoms with Crippen molar-refractivity contribution in [3.8, 4) is 11.1 Å². The Bertz CT molecular complexity index is 1390. The number of carbonyl (C=O) groups is 2. The van der Waals surface area contributed by atoms with Gasteiger partial charge >= 0.3 is 11.9 Å². The van der Waals surface area contributed by atoms with Crippen LogP contribution in [0.25, 0.3) is 11.1 Å². The molecular weight excluding hydrogens is 578 g/mol. The minimum absolute atomic E-state index is 0.0278. The lowest BCUT2D eigenvalue weighted by molar-refractivity contribution is -0.143. The van der Waals surface area contributed by atoms with E-state index in [0.717, 1.165) is 55.2 Å². The highest BCUT2D eigenvalue weighted by Gasteiger charge is 2.46. The quantitative estimate of drug-likeness (QED) is 0.148. The molecule has 6 atom stereocenters. The van der Waals surface area contributed by atoms with E-state index in [1.54, 1.807) is 6.20 Å². The zero-order chi connectivity index (χ0) is 32.1. The first-order valence-electron chi connectivity index (χ1n) is 16.9. The minimum atomic E-state index is -0.618. The molecule has 0 bridgehead atoms. The molecule has 2 fully saturated rings. The van der Waals surface area contributed by atoms with E-state index in [0.29, 0.717) is 44.0 Å². The molecule has 7 heteroatoms. The van der Waals surface area contributed by atoms with Gasteiger partial charge in [-0.3, -0.25) is 9.78 Å². The maximum absolute atomic E-state index is 13.4. The maximum atomic E-state index is 13.4. The topological polar surface area (TPSA) is 95.0 Å². The Morgan fingerprint density at radius 2 is 1.85 bits per heavy atom. The summed E-state index contributed by atoms with van der Waals surface area (Å²) in [7, 11) is 0. The fourth-order valence-electron chi connectivity index (χ4n) is 6.72. The third-order valence-corrected chi connectivity index (χ3v) is 9.27. The van der Waals surface area contributed by atoms with Gasteiger partial charge in [0.1, 0.15) is 6.10 Å². The van der Waals surface area contributed by atoms with E-state index in [1.165, 1.54) is 0 Å². The van der Waals surface area contributed by atoms with Crippen LogP contribution in [0.5, 0.6) is 0 Å². The Labute approximate surface area is 273 Å². The van der Waals surface area contributed by atoms with E-state index < -0.39 is 6.10 Å². The SMILES string of the molecule is CCCOC(=O)CCCC1CCC2C(CC(OC(=O)c3ccc(-c4ccccc4)cc3)C2C=CC(O)CCc2cccnc2)OC1. The lowest BCUT2D eigenvalue weighted by atomic mass is 9.86. The molecule has 3 aromatic rings. The molecule has 1 saturated heterocycles. The van der Waals surface area contributed by atoms with Crippen molar-refractivity contribution in [3.63, 3.8) is 0 Å². The molecule has 1 saturated carbocycles. The van der Waals surface area contributed by atoms with Crippen molar-refractivity contribution in [2.24, 2.45) is 17.8 Å². The standard InChI is InChI=1S/C39H47NO6/c1-2-24-44-38(42)12-6-8-29-14-21-34-35(22-20-33(41)19-13-28-9-7-23-40-26-28)37(25-36(34)45-27-29)46-39(43)32-17-15-31(16-18-32)30-10-4-3-5-11-30/h3-5,7,9-11,15-18,20,22-23,26,29,33-37,41H,2,6,8,12-14,19,21,24-25,27H2,1H3. The lowest BCUT2D eigenvalue weighted by Crippen LogP contribution is -2.25. The van der Waals surface area contributed by atoms with Gasteiger partial charge in [0.05, 0.1) is 24.4 Å². The van der Waals surface area contributed by atoms with Crippen molar-refractivity contribution in [1.82, 2.24) is 4.98 Å². The molecule has 5 rings (SSSR count). The number of fused-ring (bicyclic) bond motifs is 1. The summed E-state index contributed by atoms with van der Waals surface area (Å²) in [4.78, 5) is 29.5. The number of rotatable bonds is 14. The second-order valence-corrected chi connectivity index (χ2v) is 12.6. The van der Waals surface area contributed by atoms with Crippen molar-refractivity contribution < 1.29 is 28.9 Å². The molecule has 2 aliphatic rings. The Morgan fingerprint density at radius 3 is 2.61 bits per heavy atom. The highest BCUT2D eigenvalue weighted by molar-refractivity contribution is 5.90. The predicted molar refractivity (Wildman–Crippen MR) is 178 cm³/mol. The van der Waals surface area contributed by atoms with Crippen LogP contribution in [0.1, 0.15) is 74.2 Å².